The Morgan fingerprint density at radius 1 is 1.21 bits per heavy atom. The highest BCUT2D eigenvalue weighted by atomic mass is 35.5. The number of nitrogens with one attached hydrogen (secondary N) is 1. The van der Waals surface area contributed by atoms with Crippen molar-refractivity contribution < 1.29 is 14.3 Å². The molecule has 3 heterocycles. The lowest BCUT2D eigenvalue weighted by Crippen LogP contribution is -2.48. The number of anilines is 1. The summed E-state index contributed by atoms with van der Waals surface area (Å²) in [4.78, 5) is 33.5. The average molecular weight is 489 g/mol. The van der Waals surface area contributed by atoms with Crippen LogP contribution in [0.3, 0.4) is 0 Å². The number of carbonyl (C=O) groups excluding carboxylic acids is 2. The van der Waals surface area contributed by atoms with Gasteiger partial charge in [0.25, 0.3) is 0 Å². The lowest BCUT2D eigenvalue weighted by Gasteiger charge is -2.36. The number of hydrogen-bond acceptors (Lipinski definition) is 4. The Kier molecular flexibility index (Phi) is 6.29. The lowest BCUT2D eigenvalue weighted by molar-refractivity contribution is 0.0305. The normalized spacial score (nSPS) is 17.6. The molecule has 0 saturated heterocycles. The fourth-order valence-corrected chi connectivity index (χ4v) is 4.66. The van der Waals surface area contributed by atoms with Crippen molar-refractivity contribution in [3.8, 4) is 0 Å². The second-order valence-corrected chi connectivity index (χ2v) is 9.94. The number of carbonyl (C=O) groups is 2. The van der Waals surface area contributed by atoms with E-state index in [1.807, 2.05) is 39.8 Å². The Morgan fingerprint density at radius 2 is 1.97 bits per heavy atom. The van der Waals surface area contributed by atoms with E-state index in [1.54, 1.807) is 34.2 Å². The minimum atomic E-state index is -0.600. The van der Waals surface area contributed by atoms with E-state index in [9.17, 15) is 9.59 Å². The van der Waals surface area contributed by atoms with Crippen LogP contribution in [0.4, 0.5) is 15.3 Å². The highest BCUT2D eigenvalue weighted by Gasteiger charge is 2.43. The van der Waals surface area contributed by atoms with Crippen LogP contribution in [0, 0.1) is 0 Å². The predicted octanol–water partition coefficient (Wildman–Crippen LogP) is 5.86. The third kappa shape index (κ3) is 4.80. The Balaban J connectivity index is 1.65. The van der Waals surface area contributed by atoms with E-state index in [2.05, 4.69) is 10.3 Å². The first-order valence-electron chi connectivity index (χ1n) is 10.7. The van der Waals surface area contributed by atoms with Crippen molar-refractivity contribution in [2.75, 3.05) is 11.4 Å². The van der Waals surface area contributed by atoms with Crippen LogP contribution >= 0.6 is 23.2 Å². The van der Waals surface area contributed by atoms with Gasteiger partial charge in [0.2, 0.25) is 0 Å². The van der Waals surface area contributed by atoms with Gasteiger partial charge in [0.15, 0.2) is 0 Å². The second kappa shape index (κ2) is 8.88. The summed E-state index contributed by atoms with van der Waals surface area (Å²) in [5.41, 5.74) is 3.53. The summed E-state index contributed by atoms with van der Waals surface area (Å²) >= 11 is 12.3. The van der Waals surface area contributed by atoms with Crippen LogP contribution in [0.25, 0.3) is 5.57 Å². The quantitative estimate of drug-likeness (QED) is 0.537. The minimum absolute atomic E-state index is 0.210. The van der Waals surface area contributed by atoms with E-state index >= 15 is 0 Å². The highest BCUT2D eigenvalue weighted by molar-refractivity contribution is 6.31. The largest absolute Gasteiger partial charge is 0.443 e. The van der Waals surface area contributed by atoms with Gasteiger partial charge in [-0.2, -0.15) is 0 Å². The van der Waals surface area contributed by atoms with Crippen molar-refractivity contribution in [2.24, 2.45) is 0 Å². The number of halogens is 2. The van der Waals surface area contributed by atoms with Crippen LogP contribution in [0.1, 0.15) is 45.2 Å². The van der Waals surface area contributed by atoms with Gasteiger partial charge >= 0.3 is 12.1 Å². The van der Waals surface area contributed by atoms with Gasteiger partial charge in [-0.1, -0.05) is 23.2 Å². The average Bonchev–Trinajstić information content (AvgIpc) is 3.05. The molecule has 0 spiro atoms. The van der Waals surface area contributed by atoms with Crippen LogP contribution in [0.5, 0.6) is 0 Å². The van der Waals surface area contributed by atoms with Gasteiger partial charge in [0, 0.05) is 41.1 Å². The molecular weight excluding hydrogens is 463 g/mol. The molecule has 2 aliphatic rings. The van der Waals surface area contributed by atoms with Crippen LogP contribution < -0.4 is 10.2 Å². The van der Waals surface area contributed by atoms with Crippen molar-refractivity contribution in [1.29, 1.82) is 0 Å². The maximum Gasteiger partial charge on any atom is 0.414 e. The molecule has 1 unspecified atom stereocenters. The van der Waals surface area contributed by atoms with E-state index in [0.29, 0.717) is 29.7 Å². The fourth-order valence-electron chi connectivity index (χ4n) is 4.30. The maximum absolute atomic E-state index is 13.3. The van der Waals surface area contributed by atoms with Crippen LogP contribution in [0.15, 0.2) is 42.2 Å². The number of pyridine rings is 1. The molecule has 33 heavy (non-hydrogen) atoms. The molecule has 1 aromatic carbocycles. The zero-order chi connectivity index (χ0) is 23.9. The van der Waals surface area contributed by atoms with Crippen LogP contribution in [-0.2, 0) is 11.3 Å². The van der Waals surface area contributed by atoms with Gasteiger partial charge in [0.05, 0.1) is 11.7 Å². The van der Waals surface area contributed by atoms with Gasteiger partial charge < -0.3 is 10.1 Å². The number of allylic oxidation sites excluding steroid dienone is 1. The molecule has 3 amide bonds. The van der Waals surface area contributed by atoms with E-state index in [4.69, 9.17) is 27.9 Å². The van der Waals surface area contributed by atoms with Gasteiger partial charge in [-0.15, -0.1) is 0 Å². The number of rotatable bonds is 2. The van der Waals surface area contributed by atoms with Crippen molar-refractivity contribution >= 4 is 46.6 Å². The number of nitrogens with zero attached hydrogens (tertiary/aromatic N) is 3. The summed E-state index contributed by atoms with van der Waals surface area (Å²) in [6.07, 6.45) is 1.78. The van der Waals surface area contributed by atoms with Crippen molar-refractivity contribution in [3.63, 3.8) is 0 Å². The lowest BCUT2D eigenvalue weighted by atomic mass is 9.94. The van der Waals surface area contributed by atoms with E-state index in [1.165, 1.54) is 0 Å². The molecule has 0 aliphatic carbocycles. The highest BCUT2D eigenvalue weighted by Crippen LogP contribution is 2.47. The number of benzene rings is 1. The summed E-state index contributed by atoms with van der Waals surface area (Å²) in [7, 11) is 0. The molecule has 7 nitrogen and oxygen atoms in total. The van der Waals surface area contributed by atoms with Crippen LogP contribution in [-0.4, -0.2) is 40.2 Å². The maximum atomic E-state index is 13.3. The van der Waals surface area contributed by atoms with Crippen LogP contribution in [0.2, 0.25) is 10.2 Å². The molecule has 1 N–H and O–H groups in total. The number of amides is 3. The molecule has 1 aromatic heterocycles. The predicted molar refractivity (Wildman–Crippen MR) is 129 cm³/mol. The van der Waals surface area contributed by atoms with Gasteiger partial charge in [-0.25, -0.2) is 14.6 Å². The molecule has 2 aliphatic heterocycles. The summed E-state index contributed by atoms with van der Waals surface area (Å²) in [6, 6.07) is 8.53. The standard InChI is InChI=1S/C24H26Cl2N4O3/c1-14-21-17-12-16(25)5-6-18(17)30(22(31)28-13-15-7-9-27-20(26)11-15)19(21)8-10-29(14)23(32)33-24(2,3)4/h5-7,9,11-12,19H,8,10,13H2,1-4H3,(H,28,31). The molecular formula is C24H26Cl2N4O3. The molecule has 174 valence electrons. The first-order valence-corrected chi connectivity index (χ1v) is 11.5. The summed E-state index contributed by atoms with van der Waals surface area (Å²) in [5, 5.41) is 3.92. The number of urea groups is 1. The molecule has 2 aromatic rings. The first kappa shape index (κ1) is 23.4. The van der Waals surface area contributed by atoms with Gasteiger partial charge in [-0.3, -0.25) is 9.80 Å². The Labute approximate surface area is 203 Å². The van der Waals surface area contributed by atoms with Crippen molar-refractivity contribution in [1.82, 2.24) is 15.2 Å². The molecule has 0 fully saturated rings. The van der Waals surface area contributed by atoms with Crippen molar-refractivity contribution in [2.45, 2.75) is 52.3 Å². The van der Waals surface area contributed by atoms with E-state index in [-0.39, 0.29) is 12.1 Å². The SMILES string of the molecule is CC1=C2c3cc(Cl)ccc3N(C(=O)NCc3ccnc(Cl)c3)C2CCN1C(=O)OC(C)(C)C. The first-order chi connectivity index (χ1) is 15.5. The summed E-state index contributed by atoms with van der Waals surface area (Å²) in [6.45, 7) is 8.17. The molecule has 0 bridgehead atoms. The number of aromatic nitrogens is 1. The third-order valence-corrected chi connectivity index (χ3v) is 6.08. The molecule has 0 radical (unpaired) electrons. The van der Waals surface area contributed by atoms with E-state index < -0.39 is 11.7 Å². The number of hydrogen-bond donors (Lipinski definition) is 1. The summed E-state index contributed by atoms with van der Waals surface area (Å²) in [5.74, 6) is 0. The minimum Gasteiger partial charge on any atom is -0.443 e. The molecule has 0 saturated carbocycles. The molecule has 9 heteroatoms. The second-order valence-electron chi connectivity index (χ2n) is 9.11. The molecule has 1 atom stereocenters. The number of ether oxygens (including phenoxy) is 1. The van der Waals surface area contributed by atoms with Gasteiger partial charge in [-0.05, 0) is 70.0 Å². The Bertz CT molecular complexity index is 1140. The smallest absolute Gasteiger partial charge is 0.414 e. The fraction of sp³-hybridized carbons (Fsp3) is 0.375. The summed E-state index contributed by atoms with van der Waals surface area (Å²) < 4.78 is 5.60. The monoisotopic (exact) mass is 488 g/mol. The topological polar surface area (TPSA) is 74.8 Å². The van der Waals surface area contributed by atoms with E-state index in [0.717, 1.165) is 28.1 Å². The van der Waals surface area contributed by atoms with Crippen molar-refractivity contribution in [3.05, 3.63) is 63.5 Å². The Morgan fingerprint density at radius 3 is 2.67 bits per heavy atom. The Hall–Kier alpha value is -2.77. The number of fused-ring (bicyclic) bond motifs is 3. The zero-order valence-corrected chi connectivity index (χ0v) is 20.5. The zero-order valence-electron chi connectivity index (χ0n) is 19.0. The third-order valence-electron chi connectivity index (χ3n) is 5.64. The van der Waals surface area contributed by atoms with Gasteiger partial charge in [0.1, 0.15) is 10.8 Å². The molecule has 4 rings (SSSR count).